The third-order valence-corrected chi connectivity index (χ3v) is 0.624. The van der Waals surface area contributed by atoms with Crippen LogP contribution in [0.1, 0.15) is 20.8 Å². The molecule has 0 rings (SSSR count). The number of nitrogens with two attached hydrogens (primary N) is 1. The van der Waals surface area contributed by atoms with Gasteiger partial charge in [0.15, 0.2) is 0 Å². The fraction of sp³-hybridized carbons (Fsp3) is 0.667. The first-order valence-electron chi connectivity index (χ1n) is 3.25. The molecule has 0 aliphatic carbocycles. The van der Waals surface area contributed by atoms with Crippen molar-refractivity contribution in [3.63, 3.8) is 0 Å². The maximum absolute atomic E-state index is 10.7. The van der Waals surface area contributed by atoms with Gasteiger partial charge in [0.2, 0.25) is 0 Å². The average molecular weight is 173 g/mol. The molecule has 0 fully saturated rings. The lowest BCUT2D eigenvalue weighted by atomic mass is 10.2. The summed E-state index contributed by atoms with van der Waals surface area (Å²) in [6.07, 6.45) is -0.929. The van der Waals surface area contributed by atoms with Crippen molar-refractivity contribution in [3.8, 4) is 0 Å². The van der Waals surface area contributed by atoms with E-state index in [0.29, 0.717) is 0 Å². The molecule has 0 heterocycles. The summed E-state index contributed by atoms with van der Waals surface area (Å²) in [4.78, 5) is 20.7. The summed E-state index contributed by atoms with van der Waals surface area (Å²) < 4.78 is 4.68. The second kappa shape index (κ2) is 3.80. The minimum absolute atomic E-state index is 0.645. The van der Waals surface area contributed by atoms with Gasteiger partial charge < -0.3 is 10.5 Å². The van der Waals surface area contributed by atoms with Crippen LogP contribution in [0.15, 0.2) is 10.2 Å². The normalized spacial score (nSPS) is 11.6. The molecule has 2 N–H and O–H groups in total. The molecule has 0 bridgehead atoms. The van der Waals surface area contributed by atoms with Crippen molar-refractivity contribution < 1.29 is 14.3 Å². The van der Waals surface area contributed by atoms with Crippen LogP contribution in [-0.4, -0.2) is 17.7 Å². The predicted molar refractivity (Wildman–Crippen MR) is 40.7 cm³/mol. The highest BCUT2D eigenvalue weighted by Crippen LogP contribution is 2.07. The molecule has 0 saturated carbocycles. The van der Waals surface area contributed by atoms with Crippen LogP contribution in [-0.2, 0) is 4.74 Å². The largest absolute Gasteiger partial charge is 0.453 e. The maximum Gasteiger partial charge on any atom is 0.453 e. The molecular formula is C6H11N3O3. The van der Waals surface area contributed by atoms with Crippen LogP contribution in [0.3, 0.4) is 0 Å². The molecule has 6 heteroatoms. The molecule has 12 heavy (non-hydrogen) atoms. The lowest BCUT2D eigenvalue weighted by Crippen LogP contribution is -2.21. The number of hydrogen-bond donors (Lipinski definition) is 1. The number of rotatable bonds is 0. The van der Waals surface area contributed by atoms with E-state index in [4.69, 9.17) is 0 Å². The lowest BCUT2D eigenvalue weighted by Gasteiger charge is -2.16. The Bertz CT molecular complexity index is 217. The average Bonchev–Trinajstić information content (AvgIpc) is 1.79. The van der Waals surface area contributed by atoms with Crippen molar-refractivity contribution in [1.82, 2.24) is 0 Å². The van der Waals surface area contributed by atoms with E-state index in [9.17, 15) is 9.59 Å². The minimum Gasteiger partial charge on any atom is -0.441 e. The van der Waals surface area contributed by atoms with Gasteiger partial charge in [0.1, 0.15) is 5.60 Å². The summed E-state index contributed by atoms with van der Waals surface area (Å²) in [6, 6.07) is -1.03. The summed E-state index contributed by atoms with van der Waals surface area (Å²) in [7, 11) is 0. The number of primary amides is 1. The topological polar surface area (TPSA) is 94.1 Å². The maximum atomic E-state index is 10.7. The van der Waals surface area contributed by atoms with Gasteiger partial charge in [-0.2, -0.15) is 0 Å². The van der Waals surface area contributed by atoms with Crippen molar-refractivity contribution in [2.24, 2.45) is 16.0 Å². The Morgan fingerprint density at radius 2 is 1.75 bits per heavy atom. The molecule has 0 unspecified atom stereocenters. The summed E-state index contributed by atoms with van der Waals surface area (Å²) in [5.74, 6) is 0. The first kappa shape index (κ1) is 10.5. The number of nitrogens with zero attached hydrogens (tertiary/aromatic N) is 2. The number of azo groups is 1. The van der Waals surface area contributed by atoms with E-state index in [1.165, 1.54) is 0 Å². The summed E-state index contributed by atoms with van der Waals surface area (Å²) in [5, 5.41) is 5.70. The Kier molecular flexibility index (Phi) is 3.33. The Morgan fingerprint density at radius 3 is 2.08 bits per heavy atom. The van der Waals surface area contributed by atoms with Crippen LogP contribution in [0, 0.1) is 0 Å². The van der Waals surface area contributed by atoms with E-state index in [1.807, 2.05) is 0 Å². The van der Waals surface area contributed by atoms with Gasteiger partial charge in [-0.05, 0) is 20.8 Å². The van der Waals surface area contributed by atoms with Crippen LogP contribution in [0.4, 0.5) is 9.59 Å². The summed E-state index contributed by atoms with van der Waals surface area (Å²) in [5.41, 5.74) is 3.95. The second-order valence-electron chi connectivity index (χ2n) is 3.02. The van der Waals surface area contributed by atoms with Gasteiger partial charge in [-0.3, -0.25) is 0 Å². The molecule has 0 atom stereocenters. The molecule has 68 valence electrons. The SMILES string of the molecule is CC(C)(C)OC(=O)N=NC(N)=O. The zero-order valence-electron chi connectivity index (χ0n) is 7.20. The molecule has 0 spiro atoms. The molecule has 0 saturated heterocycles. The van der Waals surface area contributed by atoms with E-state index >= 15 is 0 Å². The highest BCUT2D eigenvalue weighted by molar-refractivity contribution is 5.75. The van der Waals surface area contributed by atoms with E-state index < -0.39 is 17.7 Å². The van der Waals surface area contributed by atoms with Crippen molar-refractivity contribution in [1.29, 1.82) is 0 Å². The quantitative estimate of drug-likeness (QED) is 0.561. The third kappa shape index (κ3) is 6.66. The second-order valence-corrected chi connectivity index (χ2v) is 3.02. The lowest BCUT2D eigenvalue weighted by molar-refractivity contribution is 0.0591. The van der Waals surface area contributed by atoms with Crippen LogP contribution in [0.5, 0.6) is 0 Å². The molecule has 0 aliphatic heterocycles. The molecule has 0 aromatic heterocycles. The Morgan fingerprint density at radius 1 is 1.25 bits per heavy atom. The Balaban J connectivity index is 3.99. The van der Waals surface area contributed by atoms with Crippen molar-refractivity contribution in [2.75, 3.05) is 0 Å². The van der Waals surface area contributed by atoms with Gasteiger partial charge in [0.25, 0.3) is 0 Å². The van der Waals surface area contributed by atoms with E-state index in [-0.39, 0.29) is 0 Å². The number of ether oxygens (including phenoxy) is 1. The fourth-order valence-corrected chi connectivity index (χ4v) is 0.372. The van der Waals surface area contributed by atoms with Gasteiger partial charge in [0, 0.05) is 0 Å². The fourth-order valence-electron chi connectivity index (χ4n) is 0.372. The zero-order valence-corrected chi connectivity index (χ0v) is 7.20. The molecular weight excluding hydrogens is 162 g/mol. The summed E-state index contributed by atoms with van der Waals surface area (Å²) >= 11 is 0. The molecule has 6 nitrogen and oxygen atoms in total. The van der Waals surface area contributed by atoms with Crippen molar-refractivity contribution in [3.05, 3.63) is 0 Å². The van der Waals surface area contributed by atoms with E-state index in [2.05, 4.69) is 20.7 Å². The first-order chi connectivity index (χ1) is 5.31. The third-order valence-electron chi connectivity index (χ3n) is 0.624. The van der Waals surface area contributed by atoms with E-state index in [1.54, 1.807) is 20.8 Å². The minimum atomic E-state index is -1.03. The summed E-state index contributed by atoms with van der Waals surface area (Å²) in [6.45, 7) is 5.01. The highest BCUT2D eigenvalue weighted by Gasteiger charge is 2.15. The Labute approximate surface area is 69.8 Å². The van der Waals surface area contributed by atoms with Crippen LogP contribution in [0.25, 0.3) is 0 Å². The predicted octanol–water partition coefficient (Wildman–Crippen LogP) is 1.45. The smallest absolute Gasteiger partial charge is 0.441 e. The van der Waals surface area contributed by atoms with Crippen molar-refractivity contribution in [2.45, 2.75) is 26.4 Å². The molecule has 0 aromatic carbocycles. The molecule has 0 aromatic rings. The van der Waals surface area contributed by atoms with Gasteiger partial charge in [0.05, 0.1) is 0 Å². The molecule has 3 amide bonds. The van der Waals surface area contributed by atoms with Gasteiger partial charge in [-0.1, -0.05) is 10.2 Å². The Hall–Kier alpha value is -1.46. The van der Waals surface area contributed by atoms with Gasteiger partial charge >= 0.3 is 12.1 Å². The zero-order chi connectivity index (χ0) is 9.78. The monoisotopic (exact) mass is 173 g/mol. The molecule has 0 aliphatic rings. The van der Waals surface area contributed by atoms with E-state index in [0.717, 1.165) is 0 Å². The number of hydrogen-bond acceptors (Lipinski definition) is 3. The number of carbonyl (C=O) groups is 2. The van der Waals surface area contributed by atoms with Crippen LogP contribution >= 0.6 is 0 Å². The van der Waals surface area contributed by atoms with Crippen LogP contribution in [0.2, 0.25) is 0 Å². The first-order valence-corrected chi connectivity index (χ1v) is 3.25. The number of amides is 3. The standard InChI is InChI=1S/C6H11N3O3/c1-6(2,3)12-5(11)9-8-4(7)10/h1-3H3,(H2,7,10). The molecule has 0 radical (unpaired) electrons. The highest BCUT2D eigenvalue weighted by atomic mass is 16.6. The van der Waals surface area contributed by atoms with Crippen LogP contribution < -0.4 is 5.73 Å². The van der Waals surface area contributed by atoms with Crippen molar-refractivity contribution >= 4 is 12.1 Å². The number of urea groups is 1. The van der Waals surface area contributed by atoms with Gasteiger partial charge in [-0.15, -0.1) is 0 Å². The van der Waals surface area contributed by atoms with Gasteiger partial charge in [-0.25, -0.2) is 9.59 Å². The number of carbonyl (C=O) groups excluding carboxylic acids is 2.